The van der Waals surface area contributed by atoms with Gasteiger partial charge in [0.15, 0.2) is 0 Å². The van der Waals surface area contributed by atoms with Crippen LogP contribution in [-0.4, -0.2) is 30.2 Å². The van der Waals surface area contributed by atoms with Crippen molar-refractivity contribution in [2.45, 2.75) is 0 Å². The minimum atomic E-state index is -0.514. The summed E-state index contributed by atoms with van der Waals surface area (Å²) in [4.78, 5) is 13.5. The van der Waals surface area contributed by atoms with E-state index in [2.05, 4.69) is 0 Å². The zero-order valence-electron chi connectivity index (χ0n) is 17.7. The van der Waals surface area contributed by atoms with E-state index in [-0.39, 0.29) is 22.6 Å². The fraction of sp³-hybridized carbons (Fsp3) is 0.0741. The van der Waals surface area contributed by atoms with E-state index in [1.165, 1.54) is 26.4 Å². The number of ketones is 1. The fourth-order valence-corrected chi connectivity index (χ4v) is 3.72. The molecule has 0 aliphatic carbocycles. The maximum Gasteiger partial charge on any atom is 0.200 e. The lowest BCUT2D eigenvalue weighted by atomic mass is 9.90. The molecule has 0 aliphatic rings. The van der Waals surface area contributed by atoms with E-state index in [0.717, 1.165) is 5.56 Å². The number of ether oxygens (including phenoxy) is 2. The molecule has 5 nitrogen and oxygen atoms in total. The number of carbonyl (C=O) groups is 1. The average molecular weight is 426 g/mol. The van der Waals surface area contributed by atoms with Crippen molar-refractivity contribution in [1.82, 2.24) is 0 Å². The number of aromatic hydroxyl groups is 2. The van der Waals surface area contributed by atoms with Gasteiger partial charge in [0.05, 0.1) is 30.9 Å². The van der Waals surface area contributed by atoms with Gasteiger partial charge in [0.1, 0.15) is 23.0 Å². The van der Waals surface area contributed by atoms with E-state index in [1.54, 1.807) is 12.1 Å². The first-order valence-electron chi connectivity index (χ1n) is 10.0. The zero-order valence-corrected chi connectivity index (χ0v) is 17.7. The SMILES string of the molecule is COc1ccc(C(=O)c2cc(-c3ccccc3)c(OC)c(-c3ccccc3)c2O)c(O)c1. The summed E-state index contributed by atoms with van der Waals surface area (Å²) in [7, 11) is 3.01. The Bertz CT molecular complexity index is 1260. The summed E-state index contributed by atoms with van der Waals surface area (Å²) in [6.07, 6.45) is 0. The first kappa shape index (κ1) is 21.0. The summed E-state index contributed by atoms with van der Waals surface area (Å²) in [5.41, 5.74) is 2.71. The van der Waals surface area contributed by atoms with Crippen LogP contribution in [-0.2, 0) is 0 Å². The minimum Gasteiger partial charge on any atom is -0.507 e. The molecular weight excluding hydrogens is 404 g/mol. The van der Waals surface area contributed by atoms with Crippen molar-refractivity contribution in [2.24, 2.45) is 0 Å². The number of benzene rings is 4. The Kier molecular flexibility index (Phi) is 5.81. The molecule has 4 aromatic carbocycles. The molecule has 0 saturated carbocycles. The summed E-state index contributed by atoms with van der Waals surface area (Å²) < 4.78 is 10.8. The average Bonchev–Trinajstić information content (AvgIpc) is 2.84. The number of hydrogen-bond acceptors (Lipinski definition) is 5. The Morgan fingerprint density at radius 1 is 0.719 bits per heavy atom. The number of phenolic OH excluding ortho intramolecular Hbond substituents is 2. The van der Waals surface area contributed by atoms with Gasteiger partial charge in [-0.15, -0.1) is 0 Å². The Morgan fingerprint density at radius 3 is 1.91 bits per heavy atom. The van der Waals surface area contributed by atoms with Crippen LogP contribution in [0.5, 0.6) is 23.0 Å². The lowest BCUT2D eigenvalue weighted by molar-refractivity contribution is 0.103. The number of hydrogen-bond donors (Lipinski definition) is 2. The van der Waals surface area contributed by atoms with Crippen molar-refractivity contribution < 1.29 is 24.5 Å². The number of phenols is 2. The normalized spacial score (nSPS) is 10.6. The molecule has 0 amide bonds. The molecule has 0 spiro atoms. The second-order valence-electron chi connectivity index (χ2n) is 7.17. The Labute approximate surface area is 186 Å². The van der Waals surface area contributed by atoms with Crippen molar-refractivity contribution in [2.75, 3.05) is 14.2 Å². The van der Waals surface area contributed by atoms with Gasteiger partial charge in [-0.2, -0.15) is 0 Å². The lowest BCUT2D eigenvalue weighted by Gasteiger charge is -2.19. The first-order valence-corrected chi connectivity index (χ1v) is 10.0. The van der Waals surface area contributed by atoms with Crippen molar-refractivity contribution >= 4 is 5.78 Å². The molecule has 0 fully saturated rings. The van der Waals surface area contributed by atoms with E-state index in [4.69, 9.17) is 9.47 Å². The van der Waals surface area contributed by atoms with E-state index in [0.29, 0.717) is 28.2 Å². The smallest absolute Gasteiger partial charge is 0.200 e. The molecule has 5 heteroatoms. The van der Waals surface area contributed by atoms with Crippen molar-refractivity contribution in [3.63, 3.8) is 0 Å². The van der Waals surface area contributed by atoms with Crippen LogP contribution < -0.4 is 9.47 Å². The molecule has 0 heterocycles. The third kappa shape index (κ3) is 3.76. The maximum absolute atomic E-state index is 13.5. The van der Waals surface area contributed by atoms with Gasteiger partial charge >= 0.3 is 0 Å². The summed E-state index contributed by atoms with van der Waals surface area (Å²) in [5.74, 6) is -0.0805. The molecule has 4 aromatic rings. The quantitative estimate of drug-likeness (QED) is 0.388. The summed E-state index contributed by atoms with van der Waals surface area (Å²) in [6, 6.07) is 24.8. The largest absolute Gasteiger partial charge is 0.507 e. The second kappa shape index (κ2) is 8.86. The molecular formula is C27H22O5. The van der Waals surface area contributed by atoms with Crippen molar-refractivity contribution in [3.8, 4) is 45.3 Å². The third-order valence-electron chi connectivity index (χ3n) is 5.30. The highest BCUT2D eigenvalue weighted by molar-refractivity contribution is 6.14. The molecule has 32 heavy (non-hydrogen) atoms. The van der Waals surface area contributed by atoms with Gasteiger partial charge in [-0.05, 0) is 29.3 Å². The highest BCUT2D eigenvalue weighted by Gasteiger charge is 2.26. The Morgan fingerprint density at radius 2 is 1.34 bits per heavy atom. The predicted molar refractivity (Wildman–Crippen MR) is 124 cm³/mol. The van der Waals surface area contributed by atoms with Gasteiger partial charge in [0.25, 0.3) is 0 Å². The third-order valence-corrected chi connectivity index (χ3v) is 5.30. The van der Waals surface area contributed by atoms with Crippen LogP contribution in [0.2, 0.25) is 0 Å². The van der Waals surface area contributed by atoms with Gasteiger partial charge in [-0.25, -0.2) is 0 Å². The van der Waals surface area contributed by atoms with Crippen LogP contribution in [0.25, 0.3) is 22.3 Å². The van der Waals surface area contributed by atoms with Crippen molar-refractivity contribution in [3.05, 3.63) is 96.1 Å². The van der Waals surface area contributed by atoms with Gasteiger partial charge < -0.3 is 19.7 Å². The van der Waals surface area contributed by atoms with Crippen molar-refractivity contribution in [1.29, 1.82) is 0 Å². The van der Waals surface area contributed by atoms with Crippen LogP contribution in [0.4, 0.5) is 0 Å². The molecule has 160 valence electrons. The summed E-state index contributed by atoms with van der Waals surface area (Å²) in [6.45, 7) is 0. The van der Waals surface area contributed by atoms with Gasteiger partial charge in [-0.3, -0.25) is 4.79 Å². The Balaban J connectivity index is 2.00. The van der Waals surface area contributed by atoms with Gasteiger partial charge in [0, 0.05) is 11.6 Å². The fourth-order valence-electron chi connectivity index (χ4n) is 3.72. The molecule has 0 bridgehead atoms. The van der Waals surface area contributed by atoms with Crippen LogP contribution >= 0.6 is 0 Å². The predicted octanol–water partition coefficient (Wildman–Crippen LogP) is 5.68. The number of rotatable bonds is 6. The standard InChI is InChI=1S/C27H22O5/c1-31-19-13-14-20(23(28)15-19)25(29)22-16-21(17-9-5-3-6-10-17)27(32-2)24(26(22)30)18-11-7-4-8-12-18/h3-16,28,30H,1-2H3. The molecule has 0 aliphatic heterocycles. The van der Waals surface area contributed by atoms with E-state index in [1.807, 2.05) is 60.7 Å². The first-order chi connectivity index (χ1) is 15.5. The minimum absolute atomic E-state index is 0.0592. The molecule has 0 atom stereocenters. The van der Waals surface area contributed by atoms with E-state index >= 15 is 0 Å². The van der Waals surface area contributed by atoms with Gasteiger partial charge in [-0.1, -0.05) is 60.7 Å². The molecule has 0 aromatic heterocycles. The van der Waals surface area contributed by atoms with Crippen LogP contribution in [0.3, 0.4) is 0 Å². The molecule has 0 radical (unpaired) electrons. The Hall–Kier alpha value is -4.25. The summed E-state index contributed by atoms with van der Waals surface area (Å²) >= 11 is 0. The number of methoxy groups -OCH3 is 2. The molecule has 2 N–H and O–H groups in total. The molecule has 0 unspecified atom stereocenters. The molecule has 0 saturated heterocycles. The van der Waals surface area contributed by atoms with Gasteiger partial charge in [0.2, 0.25) is 5.78 Å². The second-order valence-corrected chi connectivity index (χ2v) is 7.17. The van der Waals surface area contributed by atoms with E-state index < -0.39 is 5.78 Å². The monoisotopic (exact) mass is 426 g/mol. The highest BCUT2D eigenvalue weighted by atomic mass is 16.5. The van der Waals surface area contributed by atoms with Crippen LogP contribution in [0.15, 0.2) is 84.9 Å². The summed E-state index contributed by atoms with van der Waals surface area (Å²) in [5, 5.41) is 21.7. The maximum atomic E-state index is 13.5. The topological polar surface area (TPSA) is 76.0 Å². The highest BCUT2D eigenvalue weighted by Crippen LogP contribution is 2.47. The molecule has 4 rings (SSSR count). The number of carbonyl (C=O) groups excluding carboxylic acids is 1. The van der Waals surface area contributed by atoms with Crippen LogP contribution in [0.1, 0.15) is 15.9 Å². The van der Waals surface area contributed by atoms with E-state index in [9.17, 15) is 15.0 Å². The zero-order chi connectivity index (χ0) is 22.7. The lowest BCUT2D eigenvalue weighted by Crippen LogP contribution is -2.05. The van der Waals surface area contributed by atoms with Crippen LogP contribution in [0, 0.1) is 0 Å².